The van der Waals surface area contributed by atoms with E-state index in [-0.39, 0.29) is 11.8 Å². The van der Waals surface area contributed by atoms with Crippen LogP contribution in [0.4, 0.5) is 5.82 Å². The predicted molar refractivity (Wildman–Crippen MR) is 140 cm³/mol. The number of benzene rings is 1. The van der Waals surface area contributed by atoms with Gasteiger partial charge in [0.2, 0.25) is 11.8 Å². The Hall–Kier alpha value is -3.33. The summed E-state index contributed by atoms with van der Waals surface area (Å²) in [6, 6.07) is 12.3. The number of fused-ring (bicyclic) bond motifs is 1. The van der Waals surface area contributed by atoms with Gasteiger partial charge in [-0.05, 0) is 35.3 Å². The number of hydrogen-bond donors (Lipinski definition) is 1. The first kappa shape index (κ1) is 24.4. The second-order valence-corrected chi connectivity index (χ2v) is 9.45. The Kier molecular flexibility index (Phi) is 7.85. The van der Waals surface area contributed by atoms with Gasteiger partial charge < -0.3 is 15.0 Å². The highest BCUT2D eigenvalue weighted by Crippen LogP contribution is 2.23. The van der Waals surface area contributed by atoms with Gasteiger partial charge in [-0.15, -0.1) is 0 Å². The molecule has 1 N–H and O–H groups in total. The Bertz CT molecular complexity index is 1140. The Morgan fingerprint density at radius 3 is 2.64 bits per heavy atom. The molecule has 3 aliphatic heterocycles. The number of amides is 2. The van der Waals surface area contributed by atoms with Crippen LogP contribution in [0.25, 0.3) is 11.6 Å². The van der Waals surface area contributed by atoms with Crippen LogP contribution in [0.1, 0.15) is 23.1 Å². The Labute approximate surface area is 212 Å². The minimum atomic E-state index is -0.0466. The number of ether oxygens (including phenoxy) is 1. The molecule has 4 heterocycles. The van der Waals surface area contributed by atoms with Crippen LogP contribution in [-0.4, -0.2) is 90.5 Å². The van der Waals surface area contributed by atoms with Crippen LogP contribution < -0.4 is 5.32 Å². The summed E-state index contributed by atoms with van der Waals surface area (Å²) in [6.45, 7) is 7.41. The third-order valence-electron chi connectivity index (χ3n) is 6.93. The fourth-order valence-electron chi connectivity index (χ4n) is 4.85. The van der Waals surface area contributed by atoms with Crippen molar-refractivity contribution in [3.05, 3.63) is 71.4 Å². The maximum atomic E-state index is 12.8. The van der Waals surface area contributed by atoms with E-state index in [1.807, 2.05) is 35.2 Å². The zero-order valence-electron chi connectivity index (χ0n) is 20.6. The molecule has 2 amide bonds. The summed E-state index contributed by atoms with van der Waals surface area (Å²) in [5.74, 6) is 0.551. The lowest BCUT2D eigenvalue weighted by Gasteiger charge is -2.29. The fourth-order valence-corrected chi connectivity index (χ4v) is 4.85. The van der Waals surface area contributed by atoms with Gasteiger partial charge in [0.25, 0.3) is 0 Å². The highest BCUT2D eigenvalue weighted by Gasteiger charge is 2.22. The number of nitrogens with one attached hydrogen (secondary N) is 1. The molecular formula is C28H33N5O3. The van der Waals surface area contributed by atoms with Crippen LogP contribution in [0.3, 0.4) is 0 Å². The molecule has 0 aliphatic carbocycles. The van der Waals surface area contributed by atoms with Gasteiger partial charge in [0, 0.05) is 63.6 Å². The van der Waals surface area contributed by atoms with Crippen molar-refractivity contribution >= 4 is 29.3 Å². The smallest absolute Gasteiger partial charge is 0.246 e. The number of carbonyl (C=O) groups is 2. The molecule has 0 spiro atoms. The van der Waals surface area contributed by atoms with Crippen molar-refractivity contribution in [2.75, 3.05) is 64.3 Å². The van der Waals surface area contributed by atoms with Crippen molar-refractivity contribution in [3.8, 4) is 0 Å². The van der Waals surface area contributed by atoms with Gasteiger partial charge in [0.15, 0.2) is 0 Å². The average Bonchev–Trinajstić information content (AvgIpc) is 3.09. The van der Waals surface area contributed by atoms with E-state index in [2.05, 4.69) is 38.3 Å². The quantitative estimate of drug-likeness (QED) is 0.631. The number of carbonyl (C=O) groups excluding carboxylic acids is 2. The number of nitrogens with zero attached hydrogens (tertiary/aromatic N) is 4. The lowest BCUT2D eigenvalue weighted by atomic mass is 9.99. The highest BCUT2D eigenvalue weighted by atomic mass is 16.5. The monoisotopic (exact) mass is 487 g/mol. The summed E-state index contributed by atoms with van der Waals surface area (Å²) in [5.41, 5.74) is 4.33. The van der Waals surface area contributed by atoms with E-state index in [0.717, 1.165) is 56.9 Å². The lowest BCUT2D eigenvalue weighted by molar-refractivity contribution is -0.125. The molecule has 1 aromatic heterocycles. The van der Waals surface area contributed by atoms with E-state index < -0.39 is 0 Å². The number of pyridine rings is 1. The molecule has 0 saturated carbocycles. The van der Waals surface area contributed by atoms with Crippen molar-refractivity contribution in [2.45, 2.75) is 13.0 Å². The Balaban J connectivity index is 1.20. The van der Waals surface area contributed by atoms with Gasteiger partial charge in [-0.2, -0.15) is 0 Å². The molecule has 3 aliphatic rings. The molecule has 188 valence electrons. The maximum Gasteiger partial charge on any atom is 0.246 e. The minimum Gasteiger partial charge on any atom is -0.379 e. The molecular weight excluding hydrogens is 454 g/mol. The highest BCUT2D eigenvalue weighted by molar-refractivity contribution is 5.94. The molecule has 0 atom stereocenters. The summed E-state index contributed by atoms with van der Waals surface area (Å²) in [4.78, 5) is 36.1. The second kappa shape index (κ2) is 11.6. The maximum absolute atomic E-state index is 12.8. The van der Waals surface area contributed by atoms with Crippen molar-refractivity contribution < 1.29 is 14.3 Å². The second-order valence-electron chi connectivity index (χ2n) is 9.45. The van der Waals surface area contributed by atoms with Crippen molar-refractivity contribution in [1.82, 2.24) is 19.7 Å². The van der Waals surface area contributed by atoms with Gasteiger partial charge >= 0.3 is 0 Å². The standard InChI is InChI=1S/C28H33N5O3/c34-26-21-32(13-12-31-14-16-36-17-15-31)20-25-18-22(19-29-28(25)30-26)6-7-27(35)33-10-8-24(9-11-33)23-4-2-1-3-5-23/h1-8,18-19H,9-17,20-21H2,(H,29,30,34)/b7-6+. The summed E-state index contributed by atoms with van der Waals surface area (Å²) in [7, 11) is 0. The van der Waals surface area contributed by atoms with E-state index in [0.29, 0.717) is 32.0 Å². The largest absolute Gasteiger partial charge is 0.379 e. The molecule has 36 heavy (non-hydrogen) atoms. The molecule has 1 saturated heterocycles. The first-order valence-corrected chi connectivity index (χ1v) is 12.7. The molecule has 5 rings (SSSR count). The van der Waals surface area contributed by atoms with Crippen LogP contribution in [0.5, 0.6) is 0 Å². The number of anilines is 1. The third-order valence-corrected chi connectivity index (χ3v) is 6.93. The molecule has 1 fully saturated rings. The van der Waals surface area contributed by atoms with Gasteiger partial charge in [0.1, 0.15) is 5.82 Å². The van der Waals surface area contributed by atoms with Gasteiger partial charge in [0.05, 0.1) is 19.8 Å². The van der Waals surface area contributed by atoms with Gasteiger partial charge in [-0.3, -0.25) is 19.4 Å². The Morgan fingerprint density at radius 2 is 1.86 bits per heavy atom. The molecule has 8 nitrogen and oxygen atoms in total. The summed E-state index contributed by atoms with van der Waals surface area (Å²) < 4.78 is 5.43. The topological polar surface area (TPSA) is 78.0 Å². The summed E-state index contributed by atoms with van der Waals surface area (Å²) >= 11 is 0. The minimum absolute atomic E-state index is 0.00579. The van der Waals surface area contributed by atoms with E-state index in [1.54, 1.807) is 12.3 Å². The van der Waals surface area contributed by atoms with Gasteiger partial charge in [-0.1, -0.05) is 36.4 Å². The van der Waals surface area contributed by atoms with Crippen molar-refractivity contribution in [3.63, 3.8) is 0 Å². The summed E-state index contributed by atoms with van der Waals surface area (Å²) in [6.07, 6.45) is 8.13. The predicted octanol–water partition coefficient (Wildman–Crippen LogP) is 2.50. The SMILES string of the molecule is O=C1CN(CCN2CCOCC2)Cc2cc(/C=C/C(=O)N3CC=C(c4ccccc4)CC3)cnc2N1. The molecule has 8 heteroatoms. The van der Waals surface area contributed by atoms with Crippen LogP contribution >= 0.6 is 0 Å². The number of rotatable bonds is 6. The molecule has 2 aromatic rings. The first-order valence-electron chi connectivity index (χ1n) is 12.7. The number of hydrogen-bond acceptors (Lipinski definition) is 6. The zero-order chi connectivity index (χ0) is 24.7. The number of morpholine rings is 1. The van der Waals surface area contributed by atoms with Crippen LogP contribution in [0.2, 0.25) is 0 Å². The lowest BCUT2D eigenvalue weighted by Crippen LogP contribution is -2.42. The molecule has 0 bridgehead atoms. The third kappa shape index (κ3) is 6.26. The zero-order valence-corrected chi connectivity index (χ0v) is 20.6. The average molecular weight is 488 g/mol. The van der Waals surface area contributed by atoms with E-state index in [1.165, 1.54) is 11.1 Å². The molecule has 1 aromatic carbocycles. The molecule has 0 radical (unpaired) electrons. The van der Waals surface area contributed by atoms with Crippen LogP contribution in [0.15, 0.2) is 54.7 Å². The van der Waals surface area contributed by atoms with Gasteiger partial charge in [-0.25, -0.2) is 4.98 Å². The molecule has 0 unspecified atom stereocenters. The van der Waals surface area contributed by atoms with Crippen LogP contribution in [-0.2, 0) is 20.9 Å². The Morgan fingerprint density at radius 1 is 1.06 bits per heavy atom. The fraction of sp³-hybridized carbons (Fsp3) is 0.393. The number of aromatic nitrogens is 1. The van der Waals surface area contributed by atoms with Crippen LogP contribution in [0, 0.1) is 0 Å². The van der Waals surface area contributed by atoms with E-state index in [4.69, 9.17) is 4.74 Å². The normalized spacial score (nSPS) is 19.5. The van der Waals surface area contributed by atoms with Crippen molar-refractivity contribution in [2.24, 2.45) is 0 Å². The van der Waals surface area contributed by atoms with E-state index >= 15 is 0 Å². The van der Waals surface area contributed by atoms with Crippen molar-refractivity contribution in [1.29, 1.82) is 0 Å². The van der Waals surface area contributed by atoms with E-state index in [9.17, 15) is 9.59 Å². The summed E-state index contributed by atoms with van der Waals surface area (Å²) in [5, 5.41) is 2.92. The first-order chi connectivity index (χ1) is 17.6.